The molecule has 0 fully saturated rings. The van der Waals surface area contributed by atoms with Crippen LogP contribution in [0.15, 0.2) is 29.3 Å². The summed E-state index contributed by atoms with van der Waals surface area (Å²) in [4.78, 5) is 12.2. The second-order valence-corrected chi connectivity index (χ2v) is 5.52. The number of carbonyl (C=O) groups is 1. The lowest BCUT2D eigenvalue weighted by Gasteiger charge is -2.03. The fraction of sp³-hybridized carbons (Fsp3) is 0.286. The summed E-state index contributed by atoms with van der Waals surface area (Å²) in [6.07, 6.45) is 0. The van der Waals surface area contributed by atoms with Crippen molar-refractivity contribution in [2.75, 3.05) is 12.5 Å². The van der Waals surface area contributed by atoms with E-state index in [4.69, 9.17) is 9.47 Å². The number of hydrogen-bond donors (Lipinski definition) is 0. The molecule has 1 aliphatic heterocycles. The number of ether oxygens (including phenoxy) is 2. The number of thioether (sulfide) groups is 1. The zero-order chi connectivity index (χ0) is 14.1. The first-order valence-corrected chi connectivity index (χ1v) is 7.18. The van der Waals surface area contributed by atoms with Crippen molar-refractivity contribution in [3.63, 3.8) is 0 Å². The summed E-state index contributed by atoms with van der Waals surface area (Å²) in [7, 11) is 1.88. The second kappa shape index (κ2) is 5.20. The minimum absolute atomic E-state index is 0.0622. The van der Waals surface area contributed by atoms with Crippen LogP contribution in [0, 0.1) is 6.92 Å². The van der Waals surface area contributed by atoms with Crippen molar-refractivity contribution in [3.8, 4) is 11.5 Å². The predicted octanol–water partition coefficient (Wildman–Crippen LogP) is 2.43. The van der Waals surface area contributed by atoms with E-state index in [0.717, 1.165) is 10.7 Å². The van der Waals surface area contributed by atoms with Crippen molar-refractivity contribution in [2.45, 2.75) is 11.9 Å². The Morgan fingerprint density at radius 3 is 2.90 bits per heavy atom. The predicted molar refractivity (Wildman–Crippen MR) is 75.6 cm³/mol. The summed E-state index contributed by atoms with van der Waals surface area (Å²) in [6, 6.07) is 7.25. The monoisotopic (exact) mass is 290 g/mol. The van der Waals surface area contributed by atoms with Gasteiger partial charge in [0.1, 0.15) is 0 Å². The van der Waals surface area contributed by atoms with E-state index in [-0.39, 0.29) is 12.6 Å². The van der Waals surface area contributed by atoms with Crippen molar-refractivity contribution < 1.29 is 14.3 Å². The Morgan fingerprint density at radius 1 is 1.35 bits per heavy atom. The van der Waals surface area contributed by atoms with E-state index in [0.29, 0.717) is 22.8 Å². The molecule has 0 spiro atoms. The molecule has 0 radical (unpaired) electrons. The highest BCUT2D eigenvalue weighted by Gasteiger charge is 2.16. The van der Waals surface area contributed by atoms with Crippen LogP contribution in [0.25, 0.3) is 0 Å². The van der Waals surface area contributed by atoms with Gasteiger partial charge >= 0.3 is 0 Å². The molecule has 0 bridgehead atoms. The minimum atomic E-state index is 0.0622. The van der Waals surface area contributed by atoms with E-state index in [9.17, 15) is 4.79 Å². The highest BCUT2D eigenvalue weighted by atomic mass is 32.2. The van der Waals surface area contributed by atoms with Gasteiger partial charge in [0.15, 0.2) is 17.3 Å². The number of aromatic nitrogens is 2. The van der Waals surface area contributed by atoms with Crippen LogP contribution in [0.2, 0.25) is 0 Å². The molecule has 20 heavy (non-hydrogen) atoms. The molecule has 0 amide bonds. The third-order valence-electron chi connectivity index (χ3n) is 3.00. The number of Topliss-reactive ketones (excluding diaryl/α,β-unsaturated/α-hetero) is 1. The third-order valence-corrected chi connectivity index (χ3v) is 4.09. The molecule has 6 heteroatoms. The summed E-state index contributed by atoms with van der Waals surface area (Å²) in [5.74, 6) is 1.76. The van der Waals surface area contributed by atoms with Gasteiger partial charge in [0, 0.05) is 12.6 Å². The molecule has 2 aromatic rings. The first-order valence-electron chi connectivity index (χ1n) is 6.20. The Bertz CT molecular complexity index is 666. The highest BCUT2D eigenvalue weighted by molar-refractivity contribution is 7.99. The summed E-state index contributed by atoms with van der Waals surface area (Å²) >= 11 is 1.48. The lowest BCUT2D eigenvalue weighted by Crippen LogP contribution is -2.03. The zero-order valence-corrected chi connectivity index (χ0v) is 12.1. The second-order valence-electron chi connectivity index (χ2n) is 4.53. The first kappa shape index (κ1) is 13.1. The lowest BCUT2D eigenvalue weighted by molar-refractivity contribution is 0.102. The average molecular weight is 290 g/mol. The molecule has 0 atom stereocenters. The van der Waals surface area contributed by atoms with Crippen molar-refractivity contribution in [1.82, 2.24) is 9.78 Å². The molecule has 104 valence electrons. The molecular weight excluding hydrogens is 276 g/mol. The fourth-order valence-electron chi connectivity index (χ4n) is 2.01. The molecule has 0 N–H and O–H groups in total. The molecule has 0 saturated carbocycles. The molecule has 0 aliphatic carbocycles. The van der Waals surface area contributed by atoms with Gasteiger partial charge in [0.05, 0.1) is 16.5 Å². The van der Waals surface area contributed by atoms with E-state index in [1.165, 1.54) is 11.8 Å². The van der Waals surface area contributed by atoms with E-state index in [1.807, 2.05) is 20.0 Å². The fourth-order valence-corrected chi connectivity index (χ4v) is 2.94. The summed E-state index contributed by atoms with van der Waals surface area (Å²) < 4.78 is 12.3. The van der Waals surface area contributed by atoms with Gasteiger partial charge in [0.25, 0.3) is 0 Å². The van der Waals surface area contributed by atoms with Gasteiger partial charge in [-0.3, -0.25) is 9.48 Å². The van der Waals surface area contributed by atoms with Crippen molar-refractivity contribution in [2.24, 2.45) is 7.05 Å². The maximum Gasteiger partial charge on any atom is 0.231 e. The quantitative estimate of drug-likeness (QED) is 0.639. The smallest absolute Gasteiger partial charge is 0.231 e. The van der Waals surface area contributed by atoms with Crippen molar-refractivity contribution >= 4 is 17.5 Å². The Morgan fingerprint density at radius 2 is 2.15 bits per heavy atom. The standard InChI is InChI=1S/C14H14N2O3S/c1-9-5-14(16(2)15-9)20-7-11(17)10-3-4-12-13(6-10)19-8-18-12/h3-6H,7-8H2,1-2H3. The van der Waals surface area contributed by atoms with Gasteiger partial charge < -0.3 is 9.47 Å². The maximum atomic E-state index is 12.2. The minimum Gasteiger partial charge on any atom is -0.454 e. The number of carbonyl (C=O) groups excluding carboxylic acids is 1. The normalized spacial score (nSPS) is 12.7. The Labute approximate surface area is 120 Å². The Hall–Kier alpha value is -1.95. The molecule has 2 heterocycles. The van der Waals surface area contributed by atoms with Crippen LogP contribution in [-0.2, 0) is 7.05 Å². The zero-order valence-electron chi connectivity index (χ0n) is 11.3. The SMILES string of the molecule is Cc1cc(SCC(=O)c2ccc3c(c2)OCO3)n(C)n1. The number of ketones is 1. The molecule has 1 aliphatic rings. The van der Waals surface area contributed by atoms with Crippen LogP contribution in [0.5, 0.6) is 11.5 Å². The highest BCUT2D eigenvalue weighted by Crippen LogP contribution is 2.33. The van der Waals surface area contributed by atoms with Crippen LogP contribution in [0.4, 0.5) is 0 Å². The number of hydrogen-bond acceptors (Lipinski definition) is 5. The molecule has 3 rings (SSSR count). The third kappa shape index (κ3) is 2.51. The number of nitrogens with zero attached hydrogens (tertiary/aromatic N) is 2. The van der Waals surface area contributed by atoms with Crippen LogP contribution >= 0.6 is 11.8 Å². The van der Waals surface area contributed by atoms with Gasteiger partial charge in [-0.15, -0.1) is 0 Å². The summed E-state index contributed by atoms with van der Waals surface area (Å²) in [5.41, 5.74) is 1.59. The van der Waals surface area contributed by atoms with Crippen LogP contribution in [0.3, 0.4) is 0 Å². The summed E-state index contributed by atoms with van der Waals surface area (Å²) in [6.45, 7) is 2.15. The largest absolute Gasteiger partial charge is 0.454 e. The molecule has 0 saturated heterocycles. The van der Waals surface area contributed by atoms with Crippen LogP contribution < -0.4 is 9.47 Å². The molecule has 0 unspecified atom stereocenters. The number of benzene rings is 1. The maximum absolute atomic E-state index is 12.2. The Balaban J connectivity index is 1.69. The molecule has 1 aromatic heterocycles. The van der Waals surface area contributed by atoms with E-state index >= 15 is 0 Å². The summed E-state index contributed by atoms with van der Waals surface area (Å²) in [5, 5.41) is 5.24. The van der Waals surface area contributed by atoms with Crippen molar-refractivity contribution in [1.29, 1.82) is 0 Å². The number of aryl methyl sites for hydroxylation is 2. The number of fused-ring (bicyclic) bond motifs is 1. The topological polar surface area (TPSA) is 53.4 Å². The van der Waals surface area contributed by atoms with Gasteiger partial charge in [-0.05, 0) is 31.2 Å². The number of rotatable bonds is 4. The van der Waals surface area contributed by atoms with E-state index in [1.54, 1.807) is 22.9 Å². The first-order chi connectivity index (χ1) is 9.63. The Kier molecular flexibility index (Phi) is 3.40. The molecular formula is C14H14N2O3S. The average Bonchev–Trinajstić information content (AvgIpc) is 3.01. The molecule has 1 aromatic carbocycles. The van der Waals surface area contributed by atoms with Gasteiger partial charge in [-0.25, -0.2) is 0 Å². The van der Waals surface area contributed by atoms with E-state index in [2.05, 4.69) is 5.10 Å². The molecule has 5 nitrogen and oxygen atoms in total. The lowest BCUT2D eigenvalue weighted by atomic mass is 10.1. The van der Waals surface area contributed by atoms with Crippen molar-refractivity contribution in [3.05, 3.63) is 35.5 Å². The van der Waals surface area contributed by atoms with Gasteiger partial charge in [-0.1, -0.05) is 11.8 Å². The van der Waals surface area contributed by atoms with Crippen LogP contribution in [0.1, 0.15) is 16.1 Å². The van der Waals surface area contributed by atoms with Gasteiger partial charge in [-0.2, -0.15) is 5.10 Å². The van der Waals surface area contributed by atoms with Gasteiger partial charge in [0.2, 0.25) is 6.79 Å². The van der Waals surface area contributed by atoms with E-state index < -0.39 is 0 Å². The van der Waals surface area contributed by atoms with Crippen LogP contribution in [-0.4, -0.2) is 28.1 Å².